The van der Waals surface area contributed by atoms with Crippen LogP contribution in [0.25, 0.3) is 0 Å². The lowest BCUT2D eigenvalue weighted by atomic mass is 9.78. The van der Waals surface area contributed by atoms with Crippen LogP contribution in [0, 0.1) is 0 Å². The van der Waals surface area contributed by atoms with Crippen molar-refractivity contribution in [2.45, 2.75) is 43.9 Å². The molecule has 0 atom stereocenters. The lowest BCUT2D eigenvalue weighted by Gasteiger charge is -2.34. The van der Waals surface area contributed by atoms with E-state index in [-0.39, 0.29) is 5.56 Å². The molecule has 0 saturated heterocycles. The van der Waals surface area contributed by atoms with Gasteiger partial charge in [0.05, 0.1) is 11.2 Å². The van der Waals surface area contributed by atoms with E-state index >= 15 is 0 Å². The van der Waals surface area contributed by atoms with E-state index < -0.39 is 17.3 Å². The Morgan fingerprint density at radius 1 is 1.00 bits per heavy atom. The molecule has 1 nitrogen and oxygen atoms in total. The van der Waals surface area contributed by atoms with Crippen LogP contribution < -0.4 is 0 Å². The molecule has 1 saturated carbocycles. The molecule has 0 aromatic heterocycles. The van der Waals surface area contributed by atoms with E-state index in [0.717, 1.165) is 25.3 Å². The summed E-state index contributed by atoms with van der Waals surface area (Å²) in [6.45, 7) is 0. The Morgan fingerprint density at radius 3 is 2.18 bits per heavy atom. The lowest BCUT2D eigenvalue weighted by molar-refractivity contribution is -0.141. The summed E-state index contributed by atoms with van der Waals surface area (Å²) in [5.74, 6) is 0. The predicted octanol–water partition coefficient (Wildman–Crippen LogP) is 3.86. The maximum absolute atomic E-state index is 12.9. The molecule has 0 unspecified atom stereocenters. The number of alkyl halides is 3. The molecular formula is C13H15F3O. The van der Waals surface area contributed by atoms with Gasteiger partial charge in [-0.25, -0.2) is 0 Å². The summed E-state index contributed by atoms with van der Waals surface area (Å²) in [7, 11) is 0. The molecule has 0 amide bonds. The van der Waals surface area contributed by atoms with Crippen molar-refractivity contribution in [1.29, 1.82) is 0 Å². The average Bonchev–Trinajstić information content (AvgIpc) is 2.29. The molecule has 1 aliphatic carbocycles. The van der Waals surface area contributed by atoms with Crippen molar-refractivity contribution in [2.24, 2.45) is 0 Å². The maximum Gasteiger partial charge on any atom is 0.416 e. The summed E-state index contributed by atoms with van der Waals surface area (Å²) in [6, 6.07) is 5.35. The molecule has 0 radical (unpaired) electrons. The second-order valence-electron chi connectivity index (χ2n) is 4.64. The van der Waals surface area contributed by atoms with Crippen LogP contribution in [0.5, 0.6) is 0 Å². The number of halogens is 3. The van der Waals surface area contributed by atoms with Gasteiger partial charge in [0.1, 0.15) is 0 Å². The summed E-state index contributed by atoms with van der Waals surface area (Å²) in [6.07, 6.45) is -1.02. The third-order valence-corrected chi connectivity index (χ3v) is 3.41. The largest absolute Gasteiger partial charge is 0.416 e. The van der Waals surface area contributed by atoms with Crippen molar-refractivity contribution in [3.8, 4) is 0 Å². The summed E-state index contributed by atoms with van der Waals surface area (Å²) < 4.78 is 38.6. The van der Waals surface area contributed by atoms with Gasteiger partial charge in [0, 0.05) is 0 Å². The summed E-state index contributed by atoms with van der Waals surface area (Å²) >= 11 is 0. The molecule has 0 bridgehead atoms. The van der Waals surface area contributed by atoms with Gasteiger partial charge in [-0.2, -0.15) is 13.2 Å². The molecule has 0 aliphatic heterocycles. The highest BCUT2D eigenvalue weighted by atomic mass is 19.4. The summed E-state index contributed by atoms with van der Waals surface area (Å²) in [5.41, 5.74) is -1.97. The minimum atomic E-state index is -4.40. The van der Waals surface area contributed by atoms with Gasteiger partial charge in [-0.3, -0.25) is 0 Å². The van der Waals surface area contributed by atoms with E-state index in [1.807, 2.05) is 0 Å². The third-order valence-electron chi connectivity index (χ3n) is 3.41. The van der Waals surface area contributed by atoms with Gasteiger partial charge in [0.25, 0.3) is 0 Å². The van der Waals surface area contributed by atoms with E-state index in [9.17, 15) is 18.3 Å². The van der Waals surface area contributed by atoms with Crippen molar-refractivity contribution in [2.75, 3.05) is 0 Å². The lowest BCUT2D eigenvalue weighted by Crippen LogP contribution is -2.31. The quantitative estimate of drug-likeness (QED) is 0.795. The molecular weight excluding hydrogens is 229 g/mol. The Bertz CT molecular complexity index is 392. The van der Waals surface area contributed by atoms with E-state index in [1.165, 1.54) is 12.1 Å². The van der Waals surface area contributed by atoms with Crippen molar-refractivity contribution >= 4 is 0 Å². The van der Waals surface area contributed by atoms with Gasteiger partial charge < -0.3 is 5.11 Å². The number of hydrogen-bond acceptors (Lipinski definition) is 1. The van der Waals surface area contributed by atoms with Gasteiger partial charge >= 0.3 is 6.18 Å². The van der Waals surface area contributed by atoms with E-state index in [4.69, 9.17) is 0 Å². The van der Waals surface area contributed by atoms with E-state index in [0.29, 0.717) is 12.8 Å². The molecule has 0 spiro atoms. The van der Waals surface area contributed by atoms with Crippen LogP contribution in [0.15, 0.2) is 24.3 Å². The van der Waals surface area contributed by atoms with Gasteiger partial charge in [-0.15, -0.1) is 0 Å². The second kappa shape index (κ2) is 4.33. The van der Waals surface area contributed by atoms with Crippen LogP contribution in [0.1, 0.15) is 43.2 Å². The molecule has 2 rings (SSSR count). The molecule has 1 aliphatic rings. The summed E-state index contributed by atoms with van der Waals surface area (Å²) in [5, 5.41) is 10.4. The van der Waals surface area contributed by atoms with Crippen molar-refractivity contribution in [3.05, 3.63) is 35.4 Å². The number of rotatable bonds is 1. The Labute approximate surface area is 98.3 Å². The molecule has 1 aromatic carbocycles. The highest BCUT2D eigenvalue weighted by molar-refractivity contribution is 5.34. The Hall–Kier alpha value is -1.03. The van der Waals surface area contributed by atoms with Crippen LogP contribution in [-0.4, -0.2) is 5.11 Å². The first kappa shape index (κ1) is 12.4. The second-order valence-corrected chi connectivity index (χ2v) is 4.64. The fourth-order valence-corrected chi connectivity index (χ4v) is 2.54. The fraction of sp³-hybridized carbons (Fsp3) is 0.538. The Morgan fingerprint density at radius 2 is 1.59 bits per heavy atom. The topological polar surface area (TPSA) is 20.2 Å². The molecule has 94 valence electrons. The number of aliphatic hydroxyl groups is 1. The molecule has 1 fully saturated rings. The minimum Gasteiger partial charge on any atom is -0.385 e. The van der Waals surface area contributed by atoms with Crippen LogP contribution >= 0.6 is 0 Å². The van der Waals surface area contributed by atoms with Crippen molar-refractivity contribution in [3.63, 3.8) is 0 Å². The maximum atomic E-state index is 12.9. The van der Waals surface area contributed by atoms with E-state index in [2.05, 4.69) is 0 Å². The SMILES string of the molecule is OC1(c2ccccc2C(F)(F)F)CCCCC1. The van der Waals surface area contributed by atoms with Gasteiger partial charge in [0.15, 0.2) is 0 Å². The normalized spacial score (nSPS) is 20.2. The Kier molecular flexibility index (Phi) is 3.17. The number of benzene rings is 1. The van der Waals surface area contributed by atoms with Crippen molar-refractivity contribution < 1.29 is 18.3 Å². The first-order chi connectivity index (χ1) is 7.93. The van der Waals surface area contributed by atoms with Crippen LogP contribution in [-0.2, 0) is 11.8 Å². The van der Waals surface area contributed by atoms with Gasteiger partial charge in [0.2, 0.25) is 0 Å². The smallest absolute Gasteiger partial charge is 0.385 e. The molecule has 4 heteroatoms. The zero-order valence-electron chi connectivity index (χ0n) is 9.43. The predicted molar refractivity (Wildman–Crippen MR) is 58.4 cm³/mol. The molecule has 1 aromatic rings. The zero-order valence-corrected chi connectivity index (χ0v) is 9.43. The first-order valence-electron chi connectivity index (χ1n) is 5.83. The third kappa shape index (κ3) is 2.46. The van der Waals surface area contributed by atoms with Crippen LogP contribution in [0.3, 0.4) is 0 Å². The number of hydrogen-bond donors (Lipinski definition) is 1. The summed E-state index contributed by atoms with van der Waals surface area (Å²) in [4.78, 5) is 0. The van der Waals surface area contributed by atoms with Gasteiger partial charge in [-0.1, -0.05) is 37.5 Å². The minimum absolute atomic E-state index is 0.0344. The van der Waals surface area contributed by atoms with Crippen LogP contribution in [0.2, 0.25) is 0 Å². The fourth-order valence-electron chi connectivity index (χ4n) is 2.54. The van der Waals surface area contributed by atoms with Crippen molar-refractivity contribution in [1.82, 2.24) is 0 Å². The molecule has 17 heavy (non-hydrogen) atoms. The first-order valence-corrected chi connectivity index (χ1v) is 5.83. The monoisotopic (exact) mass is 244 g/mol. The zero-order chi connectivity index (χ0) is 12.5. The molecule has 1 N–H and O–H groups in total. The molecule has 0 heterocycles. The highest BCUT2D eigenvalue weighted by Crippen LogP contribution is 2.42. The van der Waals surface area contributed by atoms with Gasteiger partial charge in [-0.05, 0) is 24.5 Å². The average molecular weight is 244 g/mol. The van der Waals surface area contributed by atoms with Crippen LogP contribution in [0.4, 0.5) is 13.2 Å². The Balaban J connectivity index is 2.44. The standard InChI is InChI=1S/C13H15F3O/c14-13(15,16)11-7-3-2-6-10(11)12(17)8-4-1-5-9-12/h2-3,6-7,17H,1,4-5,8-9H2. The highest BCUT2D eigenvalue weighted by Gasteiger charge is 2.40. The van der Waals surface area contributed by atoms with E-state index in [1.54, 1.807) is 6.07 Å².